The summed E-state index contributed by atoms with van der Waals surface area (Å²) < 4.78 is 10.2. The molecule has 0 aromatic rings. The van der Waals surface area contributed by atoms with Gasteiger partial charge in [0.05, 0.1) is 13.2 Å². The number of nitrogens with one attached hydrogen (secondary N) is 2. The van der Waals surface area contributed by atoms with Crippen LogP contribution in [0.15, 0.2) is 0 Å². The first kappa shape index (κ1) is 14.4. The summed E-state index contributed by atoms with van der Waals surface area (Å²) in [5.74, 6) is 0.163. The summed E-state index contributed by atoms with van der Waals surface area (Å²) in [4.78, 5) is 11.3. The largest absolute Gasteiger partial charge is 0.382 e. The lowest BCUT2D eigenvalue weighted by Gasteiger charge is -2.14. The maximum Gasteiger partial charge on any atom is 0.221 e. The number of hydrogen-bond donors (Lipinski definition) is 2. The van der Waals surface area contributed by atoms with Gasteiger partial charge in [-0.1, -0.05) is 0 Å². The van der Waals surface area contributed by atoms with E-state index in [2.05, 4.69) is 10.6 Å². The molecule has 1 amide bonds. The van der Waals surface area contributed by atoms with E-state index in [1.165, 1.54) is 0 Å². The fourth-order valence-electron chi connectivity index (χ4n) is 1.87. The van der Waals surface area contributed by atoms with E-state index < -0.39 is 0 Å². The molecule has 0 aromatic carbocycles. The monoisotopic (exact) mass is 244 g/mol. The van der Waals surface area contributed by atoms with Crippen LogP contribution in [-0.2, 0) is 14.3 Å². The summed E-state index contributed by atoms with van der Waals surface area (Å²) in [6, 6.07) is 0.330. The topological polar surface area (TPSA) is 59.6 Å². The van der Waals surface area contributed by atoms with Crippen molar-refractivity contribution in [1.29, 1.82) is 0 Å². The third kappa shape index (κ3) is 7.31. The molecule has 1 unspecified atom stereocenters. The van der Waals surface area contributed by atoms with Crippen molar-refractivity contribution in [3.05, 3.63) is 0 Å². The number of rotatable bonds is 8. The highest BCUT2D eigenvalue weighted by atomic mass is 16.5. The Morgan fingerprint density at radius 3 is 3.12 bits per heavy atom. The van der Waals surface area contributed by atoms with Crippen LogP contribution >= 0.6 is 0 Å². The smallest absolute Gasteiger partial charge is 0.221 e. The molecular formula is C12H24N2O3. The van der Waals surface area contributed by atoms with Gasteiger partial charge in [-0.15, -0.1) is 0 Å². The van der Waals surface area contributed by atoms with E-state index in [4.69, 9.17) is 9.47 Å². The lowest BCUT2D eigenvalue weighted by Crippen LogP contribution is -2.33. The first-order valence-electron chi connectivity index (χ1n) is 6.39. The van der Waals surface area contributed by atoms with Crippen LogP contribution in [0, 0.1) is 0 Å². The molecule has 0 aliphatic carbocycles. The number of methoxy groups -OCH3 is 1. The Morgan fingerprint density at radius 2 is 2.29 bits per heavy atom. The Balaban J connectivity index is 1.96. The van der Waals surface area contributed by atoms with Crippen LogP contribution in [0.5, 0.6) is 0 Å². The molecule has 17 heavy (non-hydrogen) atoms. The highest BCUT2D eigenvalue weighted by Crippen LogP contribution is 2.05. The van der Waals surface area contributed by atoms with Crippen LogP contribution in [0.2, 0.25) is 0 Å². The molecule has 0 radical (unpaired) electrons. The van der Waals surface area contributed by atoms with Crippen LogP contribution in [-0.4, -0.2) is 52.0 Å². The van der Waals surface area contributed by atoms with Crippen molar-refractivity contribution >= 4 is 5.91 Å². The Hall–Kier alpha value is -0.650. The molecule has 1 saturated heterocycles. The first-order valence-corrected chi connectivity index (χ1v) is 6.39. The van der Waals surface area contributed by atoms with E-state index in [1.807, 2.05) is 0 Å². The summed E-state index contributed by atoms with van der Waals surface area (Å²) in [7, 11) is 1.67. The van der Waals surface area contributed by atoms with Gasteiger partial charge in [0.25, 0.3) is 0 Å². The molecule has 1 fully saturated rings. The third-order valence-corrected chi connectivity index (χ3v) is 2.81. The molecule has 1 aliphatic rings. The lowest BCUT2D eigenvalue weighted by molar-refractivity contribution is -0.121. The van der Waals surface area contributed by atoms with Gasteiger partial charge in [-0.2, -0.15) is 0 Å². The van der Waals surface area contributed by atoms with Gasteiger partial charge >= 0.3 is 0 Å². The van der Waals surface area contributed by atoms with Gasteiger partial charge in [0.1, 0.15) is 0 Å². The van der Waals surface area contributed by atoms with Gasteiger partial charge in [0.2, 0.25) is 5.91 Å². The fourth-order valence-corrected chi connectivity index (χ4v) is 1.87. The average Bonchev–Trinajstić information content (AvgIpc) is 2.52. The molecule has 100 valence electrons. The predicted molar refractivity (Wildman–Crippen MR) is 66.0 cm³/mol. The van der Waals surface area contributed by atoms with Crippen molar-refractivity contribution in [1.82, 2.24) is 10.6 Å². The summed E-state index contributed by atoms with van der Waals surface area (Å²) in [6.07, 6.45) is 3.71. The van der Waals surface area contributed by atoms with Crippen LogP contribution in [0.25, 0.3) is 0 Å². The van der Waals surface area contributed by atoms with Gasteiger partial charge in [-0.3, -0.25) is 4.79 Å². The summed E-state index contributed by atoms with van der Waals surface area (Å²) >= 11 is 0. The van der Waals surface area contributed by atoms with E-state index in [9.17, 15) is 4.79 Å². The van der Waals surface area contributed by atoms with Gasteiger partial charge in [0.15, 0.2) is 0 Å². The highest BCUT2D eigenvalue weighted by Gasteiger charge is 2.15. The molecule has 5 nitrogen and oxygen atoms in total. The summed E-state index contributed by atoms with van der Waals surface area (Å²) in [6.45, 7) is 3.77. The van der Waals surface area contributed by atoms with Crippen LogP contribution in [0.4, 0.5) is 0 Å². The Morgan fingerprint density at radius 1 is 1.41 bits per heavy atom. The molecule has 0 saturated carbocycles. The second kappa shape index (κ2) is 9.39. The molecule has 5 heteroatoms. The van der Waals surface area contributed by atoms with E-state index >= 15 is 0 Å². The first-order chi connectivity index (χ1) is 8.33. The molecule has 0 spiro atoms. The molecule has 0 aromatic heterocycles. The minimum Gasteiger partial charge on any atom is -0.382 e. The molecular weight excluding hydrogens is 220 g/mol. The Labute approximate surface area is 103 Å². The lowest BCUT2D eigenvalue weighted by atomic mass is 10.1. The normalized spacial score (nSPS) is 21.0. The number of carbonyl (C=O) groups excluding carboxylic acids is 1. The van der Waals surface area contributed by atoms with Crippen LogP contribution in [0.1, 0.15) is 25.7 Å². The Kier molecular flexibility index (Phi) is 7.96. The van der Waals surface area contributed by atoms with Gasteiger partial charge in [0, 0.05) is 32.7 Å². The predicted octanol–water partition coefficient (Wildman–Crippen LogP) is 0.298. The van der Waals surface area contributed by atoms with Crippen molar-refractivity contribution in [2.24, 2.45) is 0 Å². The molecule has 1 aliphatic heterocycles. The summed E-state index contributed by atoms with van der Waals surface area (Å²) in [5.41, 5.74) is 0. The van der Waals surface area contributed by atoms with Crippen molar-refractivity contribution in [3.63, 3.8) is 0 Å². The van der Waals surface area contributed by atoms with Crippen LogP contribution < -0.4 is 10.6 Å². The van der Waals surface area contributed by atoms with Gasteiger partial charge in [-0.05, 0) is 25.8 Å². The van der Waals surface area contributed by atoms with E-state index in [0.29, 0.717) is 25.7 Å². The molecule has 1 heterocycles. The van der Waals surface area contributed by atoms with E-state index in [-0.39, 0.29) is 5.91 Å². The SMILES string of the molecule is COCCOCCCNC1CCCNC(=O)C1. The zero-order valence-corrected chi connectivity index (χ0v) is 10.7. The zero-order valence-electron chi connectivity index (χ0n) is 10.7. The van der Waals surface area contributed by atoms with Gasteiger partial charge < -0.3 is 20.1 Å². The molecule has 1 atom stereocenters. The van der Waals surface area contributed by atoms with Crippen LogP contribution in [0.3, 0.4) is 0 Å². The number of hydrogen-bond acceptors (Lipinski definition) is 4. The molecule has 1 rings (SSSR count). The molecule has 0 bridgehead atoms. The van der Waals surface area contributed by atoms with Gasteiger partial charge in [-0.25, -0.2) is 0 Å². The molecule has 2 N–H and O–H groups in total. The second-order valence-electron chi connectivity index (χ2n) is 4.31. The highest BCUT2D eigenvalue weighted by molar-refractivity contribution is 5.76. The number of amides is 1. The Bertz CT molecular complexity index is 212. The zero-order chi connectivity index (χ0) is 12.3. The van der Waals surface area contributed by atoms with Crippen molar-refractivity contribution in [2.75, 3.05) is 40.0 Å². The van der Waals surface area contributed by atoms with Crippen molar-refractivity contribution < 1.29 is 14.3 Å². The second-order valence-corrected chi connectivity index (χ2v) is 4.31. The van der Waals surface area contributed by atoms with E-state index in [1.54, 1.807) is 7.11 Å². The standard InChI is InChI=1S/C12H24N2O3/c1-16-8-9-17-7-3-6-13-11-4-2-5-14-12(15)10-11/h11,13H,2-10H2,1H3,(H,14,15). The quantitative estimate of drug-likeness (QED) is 0.603. The summed E-state index contributed by atoms with van der Waals surface area (Å²) in [5, 5.41) is 6.29. The van der Waals surface area contributed by atoms with Crippen molar-refractivity contribution in [2.45, 2.75) is 31.7 Å². The minimum atomic E-state index is 0.163. The van der Waals surface area contributed by atoms with Crippen molar-refractivity contribution in [3.8, 4) is 0 Å². The van der Waals surface area contributed by atoms with E-state index in [0.717, 1.165) is 39.0 Å². The fraction of sp³-hybridized carbons (Fsp3) is 0.917. The number of carbonyl (C=O) groups is 1. The average molecular weight is 244 g/mol. The maximum atomic E-state index is 11.3. The third-order valence-electron chi connectivity index (χ3n) is 2.81. The number of ether oxygens (including phenoxy) is 2. The maximum absolute atomic E-state index is 11.3. The minimum absolute atomic E-state index is 0.163.